The predicted octanol–water partition coefficient (Wildman–Crippen LogP) is 2.19. The maximum atomic E-state index is 13.2. The quantitative estimate of drug-likeness (QED) is 0.516. The van der Waals surface area contributed by atoms with Crippen molar-refractivity contribution in [3.63, 3.8) is 0 Å². The summed E-state index contributed by atoms with van der Waals surface area (Å²) in [5, 5.41) is 0. The van der Waals surface area contributed by atoms with Crippen molar-refractivity contribution in [3.05, 3.63) is 59.4 Å². The molecule has 0 bridgehead atoms. The SMILES string of the molecule is NNC(c1cncnc1)c1ccc(F)c(C(F)(F)F)c1. The van der Waals surface area contributed by atoms with E-state index in [1.165, 1.54) is 24.8 Å². The summed E-state index contributed by atoms with van der Waals surface area (Å²) < 4.78 is 51.3. The molecule has 1 unspecified atom stereocenters. The molecule has 1 aromatic carbocycles. The lowest BCUT2D eigenvalue weighted by Crippen LogP contribution is -2.29. The largest absolute Gasteiger partial charge is 0.419 e. The fourth-order valence-corrected chi connectivity index (χ4v) is 1.78. The molecule has 1 atom stereocenters. The molecule has 20 heavy (non-hydrogen) atoms. The van der Waals surface area contributed by atoms with Crippen LogP contribution in [0, 0.1) is 5.82 Å². The Kier molecular flexibility index (Phi) is 3.96. The zero-order valence-electron chi connectivity index (χ0n) is 10.0. The van der Waals surface area contributed by atoms with Crippen molar-refractivity contribution < 1.29 is 17.6 Å². The minimum atomic E-state index is -4.77. The van der Waals surface area contributed by atoms with E-state index >= 15 is 0 Å². The molecule has 0 radical (unpaired) electrons. The number of hydrogen-bond donors (Lipinski definition) is 2. The average molecular weight is 286 g/mol. The lowest BCUT2D eigenvalue weighted by atomic mass is 9.99. The molecule has 1 aromatic heterocycles. The van der Waals surface area contributed by atoms with Gasteiger partial charge in [0.2, 0.25) is 0 Å². The number of hydrazine groups is 1. The second-order valence-corrected chi connectivity index (χ2v) is 4.01. The van der Waals surface area contributed by atoms with E-state index in [1.807, 2.05) is 0 Å². The molecule has 0 aliphatic rings. The summed E-state index contributed by atoms with van der Waals surface area (Å²) in [6, 6.07) is 1.93. The topological polar surface area (TPSA) is 63.8 Å². The molecule has 8 heteroatoms. The molecule has 0 aliphatic carbocycles. The van der Waals surface area contributed by atoms with Gasteiger partial charge in [0, 0.05) is 18.0 Å². The van der Waals surface area contributed by atoms with Crippen molar-refractivity contribution in [1.82, 2.24) is 15.4 Å². The van der Waals surface area contributed by atoms with Crippen molar-refractivity contribution in [3.8, 4) is 0 Å². The molecule has 0 aliphatic heterocycles. The fourth-order valence-electron chi connectivity index (χ4n) is 1.78. The number of halogens is 4. The van der Waals surface area contributed by atoms with E-state index in [4.69, 9.17) is 5.84 Å². The molecule has 0 saturated heterocycles. The molecular formula is C12H10F4N4. The van der Waals surface area contributed by atoms with Crippen molar-refractivity contribution in [2.75, 3.05) is 0 Å². The van der Waals surface area contributed by atoms with Gasteiger partial charge in [0.1, 0.15) is 12.1 Å². The zero-order chi connectivity index (χ0) is 14.8. The number of benzene rings is 1. The summed E-state index contributed by atoms with van der Waals surface area (Å²) in [5.41, 5.74) is 1.65. The number of alkyl halides is 3. The van der Waals surface area contributed by atoms with Crippen LogP contribution in [0.5, 0.6) is 0 Å². The van der Waals surface area contributed by atoms with Crippen LogP contribution in [0.4, 0.5) is 17.6 Å². The van der Waals surface area contributed by atoms with Gasteiger partial charge in [-0.25, -0.2) is 19.8 Å². The van der Waals surface area contributed by atoms with Crippen LogP contribution in [0.3, 0.4) is 0 Å². The fraction of sp³-hybridized carbons (Fsp3) is 0.167. The van der Waals surface area contributed by atoms with Crippen LogP contribution < -0.4 is 11.3 Å². The lowest BCUT2D eigenvalue weighted by Gasteiger charge is -2.18. The average Bonchev–Trinajstić information content (AvgIpc) is 2.41. The zero-order valence-corrected chi connectivity index (χ0v) is 10.0. The highest BCUT2D eigenvalue weighted by molar-refractivity contribution is 5.34. The number of aromatic nitrogens is 2. The minimum Gasteiger partial charge on any atom is -0.271 e. The van der Waals surface area contributed by atoms with Crippen molar-refractivity contribution in [2.45, 2.75) is 12.2 Å². The summed E-state index contributed by atoms with van der Waals surface area (Å²) in [6.45, 7) is 0. The summed E-state index contributed by atoms with van der Waals surface area (Å²) >= 11 is 0. The van der Waals surface area contributed by atoms with Gasteiger partial charge in [-0.2, -0.15) is 13.2 Å². The number of hydrogen-bond acceptors (Lipinski definition) is 4. The van der Waals surface area contributed by atoms with E-state index in [0.29, 0.717) is 11.6 Å². The van der Waals surface area contributed by atoms with E-state index in [9.17, 15) is 17.6 Å². The van der Waals surface area contributed by atoms with Crippen LogP contribution in [0.15, 0.2) is 36.9 Å². The van der Waals surface area contributed by atoms with E-state index < -0.39 is 23.6 Å². The Balaban J connectivity index is 2.46. The van der Waals surface area contributed by atoms with Gasteiger partial charge in [0.05, 0.1) is 11.6 Å². The van der Waals surface area contributed by atoms with Gasteiger partial charge >= 0.3 is 6.18 Å². The highest BCUT2D eigenvalue weighted by Crippen LogP contribution is 2.33. The van der Waals surface area contributed by atoms with Crippen molar-refractivity contribution in [2.24, 2.45) is 5.84 Å². The molecule has 2 rings (SSSR count). The molecule has 2 aromatic rings. The normalized spacial score (nSPS) is 13.2. The first-order valence-corrected chi connectivity index (χ1v) is 5.51. The van der Waals surface area contributed by atoms with E-state index in [2.05, 4.69) is 15.4 Å². The molecule has 3 N–H and O–H groups in total. The van der Waals surface area contributed by atoms with Crippen LogP contribution in [0.1, 0.15) is 22.7 Å². The maximum Gasteiger partial charge on any atom is 0.419 e. The molecule has 4 nitrogen and oxygen atoms in total. The second-order valence-electron chi connectivity index (χ2n) is 4.01. The molecule has 0 saturated carbocycles. The first-order chi connectivity index (χ1) is 9.43. The lowest BCUT2D eigenvalue weighted by molar-refractivity contribution is -0.140. The van der Waals surface area contributed by atoms with Crippen LogP contribution in [0.2, 0.25) is 0 Å². The Hall–Kier alpha value is -2.06. The van der Waals surface area contributed by atoms with Crippen LogP contribution in [-0.2, 0) is 6.18 Å². The molecule has 0 fully saturated rings. The Morgan fingerprint density at radius 3 is 2.30 bits per heavy atom. The molecular weight excluding hydrogens is 276 g/mol. The van der Waals surface area contributed by atoms with E-state index in [1.54, 1.807) is 0 Å². The number of nitrogens with zero attached hydrogens (tertiary/aromatic N) is 2. The number of rotatable bonds is 3. The number of nitrogens with two attached hydrogens (primary N) is 1. The monoisotopic (exact) mass is 286 g/mol. The predicted molar refractivity (Wildman–Crippen MR) is 62.6 cm³/mol. The Labute approximate surface area is 111 Å². The molecule has 0 amide bonds. The standard InChI is InChI=1S/C12H10F4N4/c13-10-2-1-7(3-9(10)12(14,15)16)11(20-17)8-4-18-6-19-5-8/h1-6,11,20H,17H2. The van der Waals surface area contributed by atoms with Gasteiger partial charge in [-0.15, -0.1) is 0 Å². The summed E-state index contributed by atoms with van der Waals surface area (Å²) in [7, 11) is 0. The van der Waals surface area contributed by atoms with Crippen molar-refractivity contribution in [1.29, 1.82) is 0 Å². The third-order valence-corrected chi connectivity index (χ3v) is 2.71. The van der Waals surface area contributed by atoms with E-state index in [-0.39, 0.29) is 5.56 Å². The summed E-state index contributed by atoms with van der Waals surface area (Å²) in [4.78, 5) is 7.53. The van der Waals surface area contributed by atoms with Gasteiger partial charge in [0.15, 0.2) is 0 Å². The molecule has 0 spiro atoms. The van der Waals surface area contributed by atoms with Gasteiger partial charge in [-0.05, 0) is 17.7 Å². The van der Waals surface area contributed by atoms with Gasteiger partial charge < -0.3 is 0 Å². The van der Waals surface area contributed by atoms with Gasteiger partial charge in [0.25, 0.3) is 0 Å². The first kappa shape index (κ1) is 14.4. The van der Waals surface area contributed by atoms with Crippen molar-refractivity contribution >= 4 is 0 Å². The highest BCUT2D eigenvalue weighted by Gasteiger charge is 2.34. The maximum absolute atomic E-state index is 13.2. The Bertz CT molecular complexity index is 586. The minimum absolute atomic E-state index is 0.163. The van der Waals surface area contributed by atoms with Gasteiger partial charge in [-0.3, -0.25) is 5.84 Å². The second kappa shape index (κ2) is 5.51. The third kappa shape index (κ3) is 2.91. The third-order valence-electron chi connectivity index (χ3n) is 2.71. The van der Waals surface area contributed by atoms with E-state index in [0.717, 1.165) is 6.07 Å². The van der Waals surface area contributed by atoms with Gasteiger partial charge in [-0.1, -0.05) is 6.07 Å². The summed E-state index contributed by atoms with van der Waals surface area (Å²) in [6.07, 6.45) is -0.669. The number of nitrogens with one attached hydrogen (secondary N) is 1. The van der Waals surface area contributed by atoms with Crippen LogP contribution >= 0.6 is 0 Å². The van der Waals surface area contributed by atoms with Crippen LogP contribution in [-0.4, -0.2) is 9.97 Å². The smallest absolute Gasteiger partial charge is 0.271 e. The molecule has 106 valence electrons. The first-order valence-electron chi connectivity index (χ1n) is 5.51. The molecule has 1 heterocycles. The summed E-state index contributed by atoms with van der Waals surface area (Å²) in [5.74, 6) is 4.02. The highest BCUT2D eigenvalue weighted by atomic mass is 19.4. The Morgan fingerprint density at radius 2 is 1.75 bits per heavy atom. The Morgan fingerprint density at radius 1 is 1.10 bits per heavy atom. The van der Waals surface area contributed by atoms with Crippen LogP contribution in [0.25, 0.3) is 0 Å².